The third kappa shape index (κ3) is 3.05. The molecule has 1 aliphatic rings. The van der Waals surface area contributed by atoms with Crippen LogP contribution in [-0.4, -0.2) is 31.7 Å². The highest BCUT2D eigenvalue weighted by Gasteiger charge is 2.27. The van der Waals surface area contributed by atoms with Crippen molar-refractivity contribution in [2.45, 2.75) is 12.8 Å². The molecule has 1 atom stereocenters. The molecule has 7 heteroatoms. The number of methoxy groups -OCH3 is 2. The van der Waals surface area contributed by atoms with Crippen LogP contribution in [0.5, 0.6) is 11.5 Å². The standard InChI is InChI=1S/C20H21N3O4/c1-25-17-7-14-16(8-18(17)26-2)23-15-6-11(5-13(15)19(14)21)9-22-20(24)12-3-4-27-10-12/h3-4,7-8,10-11H,5-6,9H2,1-2H3,(H2,21,23)(H,22,24). The molecule has 0 fully saturated rings. The first-order valence-electron chi connectivity index (χ1n) is 8.74. The molecule has 27 heavy (non-hydrogen) atoms. The van der Waals surface area contributed by atoms with Crippen LogP contribution in [0.25, 0.3) is 10.9 Å². The van der Waals surface area contributed by atoms with Crippen molar-refractivity contribution < 1.29 is 18.7 Å². The molecule has 3 N–H and O–H groups in total. The summed E-state index contributed by atoms with van der Waals surface area (Å²) in [5, 5.41) is 3.81. The lowest BCUT2D eigenvalue weighted by Gasteiger charge is -2.12. The number of nitrogens with one attached hydrogen (secondary N) is 1. The van der Waals surface area contributed by atoms with Crippen molar-refractivity contribution in [1.29, 1.82) is 0 Å². The van der Waals surface area contributed by atoms with Crippen molar-refractivity contribution in [3.63, 3.8) is 0 Å². The van der Waals surface area contributed by atoms with E-state index in [0.717, 1.165) is 40.7 Å². The Balaban J connectivity index is 1.57. The van der Waals surface area contributed by atoms with Crippen molar-refractivity contribution in [2.75, 3.05) is 26.5 Å². The molecule has 0 spiro atoms. The minimum Gasteiger partial charge on any atom is -0.493 e. The fourth-order valence-corrected chi connectivity index (χ4v) is 3.62. The van der Waals surface area contributed by atoms with Crippen LogP contribution in [0, 0.1) is 5.92 Å². The van der Waals surface area contributed by atoms with Gasteiger partial charge in [0.1, 0.15) is 6.26 Å². The molecule has 7 nitrogen and oxygen atoms in total. The summed E-state index contributed by atoms with van der Waals surface area (Å²) in [5.74, 6) is 1.37. The number of amides is 1. The average molecular weight is 367 g/mol. The normalized spacial score (nSPS) is 15.6. The Hall–Kier alpha value is -3.22. The summed E-state index contributed by atoms with van der Waals surface area (Å²) < 4.78 is 15.7. The molecule has 0 saturated heterocycles. The molecular formula is C20H21N3O4. The van der Waals surface area contributed by atoms with Gasteiger partial charge < -0.3 is 24.9 Å². The van der Waals surface area contributed by atoms with Crippen LogP contribution in [0.4, 0.5) is 5.69 Å². The number of carbonyl (C=O) groups is 1. The van der Waals surface area contributed by atoms with Gasteiger partial charge in [-0.2, -0.15) is 0 Å². The molecule has 1 amide bonds. The van der Waals surface area contributed by atoms with Gasteiger partial charge in [0.25, 0.3) is 5.91 Å². The van der Waals surface area contributed by atoms with Gasteiger partial charge >= 0.3 is 0 Å². The predicted octanol–water partition coefficient (Wildman–Crippen LogP) is 2.57. The average Bonchev–Trinajstić information content (AvgIpc) is 3.35. The lowest BCUT2D eigenvalue weighted by atomic mass is 10.0. The number of nitrogens with two attached hydrogens (primary N) is 1. The topological polar surface area (TPSA) is 99.6 Å². The van der Waals surface area contributed by atoms with E-state index >= 15 is 0 Å². The van der Waals surface area contributed by atoms with Crippen LogP contribution in [0.3, 0.4) is 0 Å². The summed E-state index contributed by atoms with van der Waals surface area (Å²) in [6, 6.07) is 5.36. The zero-order chi connectivity index (χ0) is 19.0. The number of aromatic nitrogens is 1. The van der Waals surface area contributed by atoms with Gasteiger partial charge in [0.15, 0.2) is 11.5 Å². The quantitative estimate of drug-likeness (QED) is 0.719. The molecule has 2 aromatic heterocycles. The number of ether oxygens (including phenoxy) is 2. The Morgan fingerprint density at radius 3 is 2.78 bits per heavy atom. The van der Waals surface area contributed by atoms with Crippen LogP contribution in [0.1, 0.15) is 21.6 Å². The van der Waals surface area contributed by atoms with Gasteiger partial charge in [-0.25, -0.2) is 0 Å². The number of benzene rings is 1. The lowest BCUT2D eigenvalue weighted by molar-refractivity contribution is 0.0947. The Morgan fingerprint density at radius 1 is 1.30 bits per heavy atom. The highest BCUT2D eigenvalue weighted by Crippen LogP contribution is 2.39. The minimum absolute atomic E-state index is 0.139. The largest absolute Gasteiger partial charge is 0.493 e. The third-order valence-electron chi connectivity index (χ3n) is 5.03. The summed E-state index contributed by atoms with van der Waals surface area (Å²) >= 11 is 0. The van der Waals surface area contributed by atoms with Crippen LogP contribution in [0.2, 0.25) is 0 Å². The van der Waals surface area contributed by atoms with E-state index in [1.807, 2.05) is 12.1 Å². The second-order valence-corrected chi connectivity index (χ2v) is 6.67. The van der Waals surface area contributed by atoms with Gasteiger partial charge in [0.2, 0.25) is 0 Å². The summed E-state index contributed by atoms with van der Waals surface area (Å²) in [6.45, 7) is 0.558. The van der Waals surface area contributed by atoms with Crippen molar-refractivity contribution in [1.82, 2.24) is 10.3 Å². The van der Waals surface area contributed by atoms with Crippen LogP contribution >= 0.6 is 0 Å². The van der Waals surface area contributed by atoms with Gasteiger partial charge in [0.05, 0.1) is 31.6 Å². The van der Waals surface area contributed by atoms with Gasteiger partial charge in [-0.1, -0.05) is 0 Å². The van der Waals surface area contributed by atoms with Crippen molar-refractivity contribution >= 4 is 22.5 Å². The van der Waals surface area contributed by atoms with E-state index in [-0.39, 0.29) is 11.8 Å². The second-order valence-electron chi connectivity index (χ2n) is 6.67. The highest BCUT2D eigenvalue weighted by molar-refractivity contribution is 5.95. The molecule has 2 heterocycles. The van der Waals surface area contributed by atoms with Crippen molar-refractivity contribution in [3.05, 3.63) is 47.5 Å². The number of hydrogen-bond donors (Lipinski definition) is 2. The fourth-order valence-electron chi connectivity index (χ4n) is 3.62. The second kappa shape index (κ2) is 6.83. The molecule has 3 aromatic rings. The summed E-state index contributed by atoms with van der Waals surface area (Å²) in [5.41, 5.74) is 10.5. The first kappa shape index (κ1) is 17.2. The van der Waals surface area contributed by atoms with Crippen LogP contribution in [-0.2, 0) is 12.8 Å². The number of furan rings is 1. The Bertz CT molecular complexity index is 998. The van der Waals surface area contributed by atoms with E-state index in [4.69, 9.17) is 24.6 Å². The van der Waals surface area contributed by atoms with E-state index < -0.39 is 0 Å². The number of pyridine rings is 1. The number of hydrogen-bond acceptors (Lipinski definition) is 6. The van der Waals surface area contributed by atoms with E-state index in [1.165, 1.54) is 12.5 Å². The molecule has 0 saturated carbocycles. The van der Waals surface area contributed by atoms with Crippen LogP contribution < -0.4 is 20.5 Å². The number of nitrogens with zero attached hydrogens (tertiary/aromatic N) is 1. The molecule has 0 radical (unpaired) electrons. The zero-order valence-corrected chi connectivity index (χ0v) is 15.2. The third-order valence-corrected chi connectivity index (χ3v) is 5.03. The number of carbonyl (C=O) groups excluding carboxylic acids is 1. The van der Waals surface area contributed by atoms with Crippen molar-refractivity contribution in [2.24, 2.45) is 5.92 Å². The fraction of sp³-hybridized carbons (Fsp3) is 0.300. The van der Waals surface area contributed by atoms with E-state index in [1.54, 1.807) is 20.3 Å². The van der Waals surface area contributed by atoms with E-state index in [0.29, 0.717) is 23.6 Å². The summed E-state index contributed by atoms with van der Waals surface area (Å²) in [6.07, 6.45) is 4.48. The molecule has 4 rings (SSSR count). The van der Waals surface area contributed by atoms with Crippen molar-refractivity contribution in [3.8, 4) is 11.5 Å². The Labute approximate surface area is 156 Å². The van der Waals surface area contributed by atoms with Gasteiger partial charge in [-0.05, 0) is 36.5 Å². The molecule has 1 aliphatic carbocycles. The maximum Gasteiger partial charge on any atom is 0.254 e. The Kier molecular flexibility index (Phi) is 4.35. The first-order chi connectivity index (χ1) is 13.1. The maximum absolute atomic E-state index is 12.1. The molecule has 0 bridgehead atoms. The SMILES string of the molecule is COc1cc2nc3c(c(N)c2cc1OC)CC(CNC(=O)c1ccoc1)C3. The van der Waals surface area contributed by atoms with Gasteiger partial charge in [0, 0.05) is 29.4 Å². The van der Waals surface area contributed by atoms with Gasteiger partial charge in [-0.15, -0.1) is 0 Å². The maximum atomic E-state index is 12.1. The molecule has 1 aromatic carbocycles. The molecule has 1 unspecified atom stereocenters. The van der Waals surface area contributed by atoms with E-state index in [9.17, 15) is 4.79 Å². The monoisotopic (exact) mass is 367 g/mol. The molecule has 0 aliphatic heterocycles. The summed E-state index contributed by atoms with van der Waals surface area (Å²) in [7, 11) is 3.19. The van der Waals surface area contributed by atoms with Gasteiger partial charge in [-0.3, -0.25) is 9.78 Å². The number of fused-ring (bicyclic) bond motifs is 2. The van der Waals surface area contributed by atoms with Crippen LogP contribution in [0.15, 0.2) is 35.1 Å². The number of nitrogen functional groups attached to an aromatic ring is 1. The lowest BCUT2D eigenvalue weighted by Crippen LogP contribution is -2.29. The number of anilines is 1. The molecule has 140 valence electrons. The number of rotatable bonds is 5. The highest BCUT2D eigenvalue weighted by atomic mass is 16.5. The smallest absolute Gasteiger partial charge is 0.254 e. The zero-order valence-electron chi connectivity index (χ0n) is 15.2. The first-order valence-corrected chi connectivity index (χ1v) is 8.74. The summed E-state index contributed by atoms with van der Waals surface area (Å²) in [4.78, 5) is 16.9. The minimum atomic E-state index is -0.139. The predicted molar refractivity (Wildman–Crippen MR) is 101 cm³/mol. The Morgan fingerprint density at radius 2 is 2.07 bits per heavy atom. The molecular weight excluding hydrogens is 346 g/mol. The van der Waals surface area contributed by atoms with E-state index in [2.05, 4.69) is 5.32 Å².